The molecule has 3 rings (SSSR count). The minimum Gasteiger partial charge on any atom is -0.342 e. The number of likely N-dealkylation sites (tertiary alicyclic amines) is 1. The molecule has 1 aromatic rings. The molecule has 2 heterocycles. The Labute approximate surface area is 146 Å². The van der Waals surface area contributed by atoms with E-state index < -0.39 is 21.8 Å². The first-order chi connectivity index (χ1) is 11.9. The number of hydrogen-bond acceptors (Lipinski definition) is 4. The second-order valence-corrected chi connectivity index (χ2v) is 8.46. The monoisotopic (exact) mass is 368 g/mol. The van der Waals surface area contributed by atoms with Crippen LogP contribution in [0.2, 0.25) is 0 Å². The van der Waals surface area contributed by atoms with E-state index in [1.807, 2.05) is 0 Å². The number of benzene rings is 1. The van der Waals surface area contributed by atoms with E-state index in [4.69, 9.17) is 0 Å². The summed E-state index contributed by atoms with van der Waals surface area (Å²) in [6.45, 7) is 1.31. The van der Waals surface area contributed by atoms with Gasteiger partial charge in [0.2, 0.25) is 15.9 Å². The number of carbonyl (C=O) groups is 2. The molecule has 2 fully saturated rings. The lowest BCUT2D eigenvalue weighted by atomic mass is 9.97. The molecule has 0 spiro atoms. The van der Waals surface area contributed by atoms with Crippen LogP contribution in [0.1, 0.15) is 25.7 Å². The number of sulfonamides is 1. The SMILES string of the molecule is O=C1CCN(C(=O)[C@@H]2CCCN(S(=O)(=O)c3ccc(F)cc3)C2)CC1. The van der Waals surface area contributed by atoms with Crippen molar-refractivity contribution in [2.24, 2.45) is 5.92 Å². The molecule has 2 saturated heterocycles. The van der Waals surface area contributed by atoms with Gasteiger partial charge >= 0.3 is 0 Å². The number of piperidine rings is 2. The fourth-order valence-electron chi connectivity index (χ4n) is 3.35. The van der Waals surface area contributed by atoms with Gasteiger partial charge in [-0.2, -0.15) is 4.31 Å². The van der Waals surface area contributed by atoms with Gasteiger partial charge in [0, 0.05) is 39.0 Å². The molecular weight excluding hydrogens is 347 g/mol. The molecule has 0 unspecified atom stereocenters. The Bertz CT molecular complexity index is 753. The molecule has 6 nitrogen and oxygen atoms in total. The van der Waals surface area contributed by atoms with Gasteiger partial charge in [0.15, 0.2) is 0 Å². The van der Waals surface area contributed by atoms with E-state index in [0.717, 1.165) is 12.1 Å². The maximum Gasteiger partial charge on any atom is 0.243 e. The summed E-state index contributed by atoms with van der Waals surface area (Å²) in [6, 6.07) is 4.72. The van der Waals surface area contributed by atoms with Gasteiger partial charge in [-0.3, -0.25) is 9.59 Å². The fourth-order valence-corrected chi connectivity index (χ4v) is 4.88. The largest absolute Gasteiger partial charge is 0.342 e. The first-order valence-corrected chi connectivity index (χ1v) is 9.88. The average Bonchev–Trinajstić information content (AvgIpc) is 2.62. The summed E-state index contributed by atoms with van der Waals surface area (Å²) >= 11 is 0. The highest BCUT2D eigenvalue weighted by atomic mass is 32.2. The molecule has 1 atom stereocenters. The van der Waals surface area contributed by atoms with Crippen LogP contribution in [0.15, 0.2) is 29.2 Å². The summed E-state index contributed by atoms with van der Waals surface area (Å²) in [5.74, 6) is -0.804. The number of carbonyl (C=O) groups excluding carboxylic acids is 2. The maximum atomic E-state index is 13.0. The van der Waals surface area contributed by atoms with Gasteiger partial charge in [-0.25, -0.2) is 12.8 Å². The Morgan fingerprint density at radius 2 is 1.72 bits per heavy atom. The van der Waals surface area contributed by atoms with Crippen LogP contribution in [0, 0.1) is 11.7 Å². The van der Waals surface area contributed by atoms with Crippen LogP contribution in [0.3, 0.4) is 0 Å². The predicted molar refractivity (Wildman–Crippen MR) is 88.7 cm³/mol. The zero-order chi connectivity index (χ0) is 18.0. The number of Topliss-reactive ketones (excluding diaryl/α,β-unsaturated/α-hetero) is 1. The zero-order valence-electron chi connectivity index (χ0n) is 13.9. The third kappa shape index (κ3) is 3.90. The van der Waals surface area contributed by atoms with E-state index in [0.29, 0.717) is 45.3 Å². The van der Waals surface area contributed by atoms with E-state index in [1.54, 1.807) is 4.90 Å². The lowest BCUT2D eigenvalue weighted by molar-refractivity contribution is -0.139. The molecule has 0 radical (unpaired) electrons. The topological polar surface area (TPSA) is 74.8 Å². The fraction of sp³-hybridized carbons (Fsp3) is 0.529. The number of halogens is 1. The quantitative estimate of drug-likeness (QED) is 0.809. The van der Waals surface area contributed by atoms with Crippen LogP contribution in [0.5, 0.6) is 0 Å². The smallest absolute Gasteiger partial charge is 0.243 e. The highest BCUT2D eigenvalue weighted by Gasteiger charge is 2.35. The molecule has 2 aliphatic rings. The number of ketones is 1. The number of hydrogen-bond donors (Lipinski definition) is 0. The van der Waals surface area contributed by atoms with Gasteiger partial charge in [0.05, 0.1) is 10.8 Å². The van der Waals surface area contributed by atoms with Crippen molar-refractivity contribution < 1.29 is 22.4 Å². The summed E-state index contributed by atoms with van der Waals surface area (Å²) in [5, 5.41) is 0. The molecule has 0 N–H and O–H groups in total. The van der Waals surface area contributed by atoms with Crippen molar-refractivity contribution in [3.05, 3.63) is 30.1 Å². The molecule has 25 heavy (non-hydrogen) atoms. The molecule has 0 bridgehead atoms. The van der Waals surface area contributed by atoms with Crippen LogP contribution in [0.25, 0.3) is 0 Å². The summed E-state index contributed by atoms with van der Waals surface area (Å²) < 4.78 is 39.8. The molecule has 136 valence electrons. The highest BCUT2D eigenvalue weighted by Crippen LogP contribution is 2.26. The zero-order valence-corrected chi connectivity index (χ0v) is 14.7. The molecule has 1 amide bonds. The van der Waals surface area contributed by atoms with Crippen molar-refractivity contribution in [3.63, 3.8) is 0 Å². The highest BCUT2D eigenvalue weighted by molar-refractivity contribution is 7.89. The molecule has 1 aromatic carbocycles. The van der Waals surface area contributed by atoms with Gasteiger partial charge in [-0.05, 0) is 37.1 Å². The van der Waals surface area contributed by atoms with Crippen LogP contribution >= 0.6 is 0 Å². The normalized spacial score (nSPS) is 22.8. The molecule has 0 saturated carbocycles. The van der Waals surface area contributed by atoms with Crippen LogP contribution in [-0.2, 0) is 19.6 Å². The number of amides is 1. The Kier molecular flexibility index (Phi) is 5.19. The average molecular weight is 368 g/mol. The molecule has 8 heteroatoms. The number of nitrogens with zero attached hydrogens (tertiary/aromatic N) is 2. The third-order valence-corrected chi connectivity index (χ3v) is 6.70. The Morgan fingerprint density at radius 1 is 1.08 bits per heavy atom. The molecule has 0 aromatic heterocycles. The van der Waals surface area contributed by atoms with Crippen molar-refractivity contribution in [1.29, 1.82) is 0 Å². The van der Waals surface area contributed by atoms with Crippen LogP contribution in [0.4, 0.5) is 4.39 Å². The van der Waals surface area contributed by atoms with E-state index in [9.17, 15) is 22.4 Å². The summed E-state index contributed by atoms with van der Waals surface area (Å²) in [6.07, 6.45) is 1.98. The number of rotatable bonds is 3. The summed E-state index contributed by atoms with van der Waals surface area (Å²) in [7, 11) is -3.74. The van der Waals surface area contributed by atoms with Gasteiger partial charge in [0.1, 0.15) is 11.6 Å². The third-order valence-electron chi connectivity index (χ3n) is 4.82. The Morgan fingerprint density at radius 3 is 2.36 bits per heavy atom. The van der Waals surface area contributed by atoms with Gasteiger partial charge in [-0.1, -0.05) is 0 Å². The van der Waals surface area contributed by atoms with Crippen molar-refractivity contribution >= 4 is 21.7 Å². The van der Waals surface area contributed by atoms with Crippen molar-refractivity contribution in [2.45, 2.75) is 30.6 Å². The van der Waals surface area contributed by atoms with Crippen molar-refractivity contribution in [2.75, 3.05) is 26.2 Å². The van der Waals surface area contributed by atoms with Gasteiger partial charge < -0.3 is 4.90 Å². The molecular formula is C17H21FN2O4S. The maximum absolute atomic E-state index is 13.0. The van der Waals surface area contributed by atoms with Crippen molar-refractivity contribution in [3.8, 4) is 0 Å². The van der Waals surface area contributed by atoms with E-state index in [-0.39, 0.29) is 23.1 Å². The first kappa shape index (κ1) is 18.0. The Balaban J connectivity index is 1.71. The second-order valence-electron chi connectivity index (χ2n) is 6.52. The van der Waals surface area contributed by atoms with Crippen LogP contribution < -0.4 is 0 Å². The van der Waals surface area contributed by atoms with E-state index >= 15 is 0 Å². The molecule has 2 aliphatic heterocycles. The van der Waals surface area contributed by atoms with Gasteiger partial charge in [0.25, 0.3) is 0 Å². The predicted octanol–water partition coefficient (Wildman–Crippen LogP) is 1.42. The lowest BCUT2D eigenvalue weighted by Gasteiger charge is -2.35. The molecule has 0 aliphatic carbocycles. The first-order valence-electron chi connectivity index (χ1n) is 8.44. The Hall–Kier alpha value is -1.80. The lowest BCUT2D eigenvalue weighted by Crippen LogP contribution is -2.48. The van der Waals surface area contributed by atoms with Gasteiger partial charge in [-0.15, -0.1) is 0 Å². The minimum atomic E-state index is -3.74. The van der Waals surface area contributed by atoms with Crippen molar-refractivity contribution in [1.82, 2.24) is 9.21 Å². The standard InChI is InChI=1S/C17H21FN2O4S/c18-14-3-5-16(6-4-14)25(23,24)20-9-1-2-13(12-20)17(22)19-10-7-15(21)8-11-19/h3-6,13H,1-2,7-12H2/t13-/m1/s1. The minimum absolute atomic E-state index is 0.0329. The van der Waals surface area contributed by atoms with Crippen LogP contribution in [-0.4, -0.2) is 55.5 Å². The summed E-state index contributed by atoms with van der Waals surface area (Å²) in [4.78, 5) is 25.7. The van der Waals surface area contributed by atoms with E-state index in [2.05, 4.69) is 0 Å². The van der Waals surface area contributed by atoms with E-state index in [1.165, 1.54) is 16.4 Å². The second kappa shape index (κ2) is 7.21. The summed E-state index contributed by atoms with van der Waals surface area (Å²) in [5.41, 5.74) is 0.